The van der Waals surface area contributed by atoms with Crippen LogP contribution in [0.5, 0.6) is 0 Å². The highest BCUT2D eigenvalue weighted by Gasteiger charge is 2.38. The number of amides is 4. The molecule has 4 amide bonds. The summed E-state index contributed by atoms with van der Waals surface area (Å²) < 4.78 is 22.8. The average Bonchev–Trinajstić information content (AvgIpc) is 3.07. The van der Waals surface area contributed by atoms with E-state index in [9.17, 15) is 22.8 Å². The van der Waals surface area contributed by atoms with Crippen molar-refractivity contribution in [1.82, 2.24) is 15.5 Å². The van der Waals surface area contributed by atoms with Crippen molar-refractivity contribution in [3.05, 3.63) is 35.9 Å². The van der Waals surface area contributed by atoms with Crippen LogP contribution in [0.3, 0.4) is 0 Å². The molecule has 2 saturated heterocycles. The molecule has 1 aromatic carbocycles. The van der Waals surface area contributed by atoms with Gasteiger partial charge in [-0.1, -0.05) is 30.3 Å². The number of nitrogens with zero attached hydrogens (tertiary/aromatic N) is 1. The van der Waals surface area contributed by atoms with E-state index in [1.165, 1.54) is 0 Å². The second-order valence-corrected chi connectivity index (χ2v) is 8.85. The zero-order valence-corrected chi connectivity index (χ0v) is 15.0. The highest BCUT2D eigenvalue weighted by Crippen LogP contribution is 2.16. The minimum absolute atomic E-state index is 0.0390. The van der Waals surface area contributed by atoms with Crippen molar-refractivity contribution < 1.29 is 22.8 Å². The Morgan fingerprint density at radius 2 is 1.96 bits per heavy atom. The summed E-state index contributed by atoms with van der Waals surface area (Å²) in [5.74, 6) is -0.613. The van der Waals surface area contributed by atoms with E-state index in [2.05, 4.69) is 10.6 Å². The number of hydrogen-bond donors (Lipinski definition) is 2. The summed E-state index contributed by atoms with van der Waals surface area (Å²) in [6.45, 7) is 0.189. The molecule has 2 aliphatic heterocycles. The van der Waals surface area contributed by atoms with Gasteiger partial charge in [-0.3, -0.25) is 14.5 Å². The summed E-state index contributed by atoms with van der Waals surface area (Å²) in [7, 11) is -3.06. The fourth-order valence-electron chi connectivity index (χ4n) is 3.17. The third-order valence-corrected chi connectivity index (χ3v) is 6.32. The Hall–Kier alpha value is -2.42. The molecule has 0 bridgehead atoms. The molecule has 0 radical (unpaired) electrons. The van der Waals surface area contributed by atoms with Gasteiger partial charge < -0.3 is 10.6 Å². The predicted molar refractivity (Wildman–Crippen MR) is 93.7 cm³/mol. The number of sulfone groups is 1. The largest absolute Gasteiger partial charge is 0.352 e. The molecule has 3 rings (SSSR count). The number of nitrogens with one attached hydrogen (secondary N) is 2. The summed E-state index contributed by atoms with van der Waals surface area (Å²) in [5.41, 5.74) is 0.844. The first-order valence-electron chi connectivity index (χ1n) is 8.50. The van der Waals surface area contributed by atoms with Gasteiger partial charge in [0.25, 0.3) is 5.91 Å². The summed E-state index contributed by atoms with van der Waals surface area (Å²) in [4.78, 5) is 37.5. The van der Waals surface area contributed by atoms with Gasteiger partial charge in [0.1, 0.15) is 6.04 Å². The van der Waals surface area contributed by atoms with Gasteiger partial charge in [0.05, 0.1) is 18.1 Å². The first-order valence-corrected chi connectivity index (χ1v) is 10.3. The molecule has 2 fully saturated rings. The molecule has 2 N–H and O–H groups in total. The van der Waals surface area contributed by atoms with Crippen LogP contribution < -0.4 is 10.6 Å². The molecule has 26 heavy (non-hydrogen) atoms. The Morgan fingerprint density at radius 1 is 1.23 bits per heavy atom. The van der Waals surface area contributed by atoms with Crippen LogP contribution in [0.4, 0.5) is 4.79 Å². The van der Waals surface area contributed by atoms with Gasteiger partial charge in [-0.15, -0.1) is 0 Å². The molecule has 8 nitrogen and oxygen atoms in total. The fraction of sp³-hybridized carbons (Fsp3) is 0.471. The molecule has 0 spiro atoms. The summed E-state index contributed by atoms with van der Waals surface area (Å²) in [5, 5.41) is 5.28. The van der Waals surface area contributed by atoms with Gasteiger partial charge in [-0.2, -0.15) is 0 Å². The number of hydrogen-bond acceptors (Lipinski definition) is 5. The van der Waals surface area contributed by atoms with Crippen LogP contribution in [-0.2, 0) is 26.0 Å². The number of rotatable bonds is 6. The maximum Gasteiger partial charge on any atom is 0.325 e. The second kappa shape index (κ2) is 7.45. The molecule has 2 atom stereocenters. The Morgan fingerprint density at radius 3 is 2.62 bits per heavy atom. The standard InChI is InChI=1S/C17H21N3O5S/c21-15(18-13-8-9-26(24,25)11-13)7-6-14-16(22)20(17(23)19-14)10-12-4-2-1-3-5-12/h1-5,13-14H,6-11H2,(H,18,21)(H,19,23)/t13-,14+/m0/s1. The molecule has 2 heterocycles. The lowest BCUT2D eigenvalue weighted by atomic mass is 10.1. The van der Waals surface area contributed by atoms with Gasteiger partial charge >= 0.3 is 6.03 Å². The lowest BCUT2D eigenvalue weighted by Gasteiger charge is -2.14. The third-order valence-electron chi connectivity index (χ3n) is 4.55. The molecule has 1 aromatic rings. The van der Waals surface area contributed by atoms with Crippen molar-refractivity contribution in [2.45, 2.75) is 37.9 Å². The van der Waals surface area contributed by atoms with Crippen molar-refractivity contribution in [2.24, 2.45) is 0 Å². The first kappa shape index (κ1) is 18.4. The first-order chi connectivity index (χ1) is 12.3. The number of benzene rings is 1. The van der Waals surface area contributed by atoms with E-state index in [-0.39, 0.29) is 48.7 Å². The zero-order chi connectivity index (χ0) is 18.7. The second-order valence-electron chi connectivity index (χ2n) is 6.62. The van der Waals surface area contributed by atoms with E-state index in [4.69, 9.17) is 0 Å². The average molecular weight is 379 g/mol. The van der Waals surface area contributed by atoms with Crippen LogP contribution in [0, 0.1) is 0 Å². The number of urea groups is 1. The maximum atomic E-state index is 12.4. The highest BCUT2D eigenvalue weighted by molar-refractivity contribution is 7.91. The van der Waals surface area contributed by atoms with Crippen molar-refractivity contribution in [2.75, 3.05) is 11.5 Å². The number of carbonyl (C=O) groups is 3. The Kier molecular flexibility index (Phi) is 5.26. The maximum absolute atomic E-state index is 12.4. The Bertz CT molecular complexity index is 809. The summed E-state index contributed by atoms with van der Waals surface area (Å²) in [6.07, 6.45) is 0.644. The Labute approximate surface area is 151 Å². The fourth-order valence-corrected chi connectivity index (χ4v) is 4.85. The van der Waals surface area contributed by atoms with Crippen LogP contribution in [0.2, 0.25) is 0 Å². The smallest absolute Gasteiger partial charge is 0.325 e. The molecular weight excluding hydrogens is 358 g/mol. The van der Waals surface area contributed by atoms with Gasteiger partial charge in [0.15, 0.2) is 9.84 Å². The third kappa shape index (κ3) is 4.40. The molecular formula is C17H21N3O5S. The minimum Gasteiger partial charge on any atom is -0.352 e. The van der Waals surface area contributed by atoms with E-state index in [1.54, 1.807) is 0 Å². The van der Waals surface area contributed by atoms with Crippen molar-refractivity contribution in [3.63, 3.8) is 0 Å². The van der Waals surface area contributed by atoms with Crippen molar-refractivity contribution in [1.29, 1.82) is 0 Å². The molecule has 9 heteroatoms. The predicted octanol–water partition coefficient (Wildman–Crippen LogP) is 0.191. The normalized spacial score (nSPS) is 24.5. The van der Waals surface area contributed by atoms with E-state index < -0.39 is 21.9 Å². The Balaban J connectivity index is 1.49. The molecule has 0 unspecified atom stereocenters. The lowest BCUT2D eigenvalue weighted by Crippen LogP contribution is -2.37. The monoisotopic (exact) mass is 379 g/mol. The van der Waals surface area contributed by atoms with Crippen LogP contribution in [0.1, 0.15) is 24.8 Å². The van der Waals surface area contributed by atoms with Gasteiger partial charge in [0, 0.05) is 12.5 Å². The van der Waals surface area contributed by atoms with Crippen LogP contribution >= 0.6 is 0 Å². The van der Waals surface area contributed by atoms with E-state index >= 15 is 0 Å². The summed E-state index contributed by atoms with van der Waals surface area (Å²) in [6, 6.07) is 7.62. The van der Waals surface area contributed by atoms with Crippen molar-refractivity contribution >= 4 is 27.7 Å². The van der Waals surface area contributed by atoms with Crippen LogP contribution in [0.15, 0.2) is 30.3 Å². The molecule has 0 saturated carbocycles. The molecule has 2 aliphatic rings. The van der Waals surface area contributed by atoms with Crippen LogP contribution in [-0.4, -0.2) is 54.8 Å². The van der Waals surface area contributed by atoms with E-state index in [0.717, 1.165) is 10.5 Å². The minimum atomic E-state index is -3.06. The number of imide groups is 1. The van der Waals surface area contributed by atoms with E-state index in [1.807, 2.05) is 30.3 Å². The SMILES string of the molecule is O=C(CC[C@H]1NC(=O)N(Cc2ccccc2)C1=O)N[C@H]1CCS(=O)(=O)C1. The van der Waals surface area contributed by atoms with Crippen LogP contribution in [0.25, 0.3) is 0 Å². The van der Waals surface area contributed by atoms with Gasteiger partial charge in [-0.05, 0) is 18.4 Å². The molecule has 0 aliphatic carbocycles. The van der Waals surface area contributed by atoms with Gasteiger partial charge in [-0.25, -0.2) is 13.2 Å². The quantitative estimate of drug-likeness (QED) is 0.685. The molecule has 0 aromatic heterocycles. The zero-order valence-electron chi connectivity index (χ0n) is 14.2. The van der Waals surface area contributed by atoms with Gasteiger partial charge in [0.2, 0.25) is 5.91 Å². The molecule has 140 valence electrons. The lowest BCUT2D eigenvalue weighted by molar-refractivity contribution is -0.128. The van der Waals surface area contributed by atoms with Crippen molar-refractivity contribution in [3.8, 4) is 0 Å². The highest BCUT2D eigenvalue weighted by atomic mass is 32.2. The topological polar surface area (TPSA) is 113 Å². The van der Waals surface area contributed by atoms with E-state index in [0.29, 0.717) is 6.42 Å². The number of carbonyl (C=O) groups excluding carboxylic acids is 3. The summed E-state index contributed by atoms with van der Waals surface area (Å²) >= 11 is 0.